The number of anilines is 1. The van der Waals surface area contributed by atoms with E-state index in [1.165, 1.54) is 11.3 Å². The van der Waals surface area contributed by atoms with Crippen molar-refractivity contribution in [3.8, 4) is 10.4 Å². The Morgan fingerprint density at radius 2 is 2.00 bits per heavy atom. The second-order valence-electron chi connectivity index (χ2n) is 5.92. The van der Waals surface area contributed by atoms with Gasteiger partial charge in [-0.3, -0.25) is 0 Å². The third-order valence-electron chi connectivity index (χ3n) is 4.07. The van der Waals surface area contributed by atoms with E-state index in [9.17, 15) is 10.2 Å². The summed E-state index contributed by atoms with van der Waals surface area (Å²) in [6.45, 7) is 2.01. The molecular weight excluding hydrogens is 284 g/mol. The lowest BCUT2D eigenvalue weighted by atomic mass is 9.84. The predicted octanol–water partition coefficient (Wildman–Crippen LogP) is 2.82. The van der Waals surface area contributed by atoms with Crippen molar-refractivity contribution in [2.75, 3.05) is 5.73 Å². The highest BCUT2D eigenvalue weighted by atomic mass is 32.1. The molecule has 21 heavy (non-hydrogen) atoms. The fourth-order valence-corrected chi connectivity index (χ4v) is 3.92. The molecule has 0 atom stereocenters. The second-order valence-corrected chi connectivity index (χ2v) is 6.96. The van der Waals surface area contributed by atoms with Gasteiger partial charge in [0.1, 0.15) is 10.6 Å². The minimum atomic E-state index is -0.891. The zero-order chi connectivity index (χ0) is 15.0. The fraction of sp³-hybridized carbons (Fsp3) is 0.438. The third-order valence-corrected chi connectivity index (χ3v) is 5.31. The van der Waals surface area contributed by atoms with E-state index in [1.807, 2.05) is 19.1 Å². The van der Waals surface area contributed by atoms with Crippen LogP contribution in [0.5, 0.6) is 0 Å². The first-order valence-electron chi connectivity index (χ1n) is 7.20. The van der Waals surface area contributed by atoms with Gasteiger partial charge in [0.15, 0.2) is 0 Å². The van der Waals surface area contributed by atoms with Gasteiger partial charge < -0.3 is 15.9 Å². The van der Waals surface area contributed by atoms with Crippen molar-refractivity contribution < 1.29 is 10.2 Å². The van der Waals surface area contributed by atoms with Gasteiger partial charge in [0.05, 0.1) is 11.0 Å². The number of rotatable bonds is 2. The number of aliphatic hydroxyl groups excluding tert-OH is 1. The normalized spacial score (nSPS) is 26.0. The van der Waals surface area contributed by atoms with Crippen molar-refractivity contribution >= 4 is 17.0 Å². The molecular formula is C16H20N2O2S. The largest absolute Gasteiger partial charge is 0.399 e. The predicted molar refractivity (Wildman–Crippen MR) is 85.1 cm³/mol. The number of nitrogens with two attached hydrogens (primary N) is 1. The first kappa shape index (κ1) is 14.5. The van der Waals surface area contributed by atoms with Crippen molar-refractivity contribution in [1.82, 2.24) is 4.98 Å². The second kappa shape index (κ2) is 5.40. The quantitative estimate of drug-likeness (QED) is 0.745. The summed E-state index contributed by atoms with van der Waals surface area (Å²) in [6.07, 6.45) is 3.90. The highest BCUT2D eigenvalue weighted by Crippen LogP contribution is 2.41. The lowest BCUT2D eigenvalue weighted by molar-refractivity contribution is -0.0362. The summed E-state index contributed by atoms with van der Waals surface area (Å²) in [6, 6.07) is 5.93. The van der Waals surface area contributed by atoms with Gasteiger partial charge in [0.2, 0.25) is 0 Å². The first-order valence-corrected chi connectivity index (χ1v) is 8.02. The van der Waals surface area contributed by atoms with Gasteiger partial charge in [-0.2, -0.15) is 0 Å². The maximum atomic E-state index is 10.7. The number of benzene rings is 1. The van der Waals surface area contributed by atoms with E-state index in [0.717, 1.165) is 26.7 Å². The van der Waals surface area contributed by atoms with Crippen LogP contribution in [0.3, 0.4) is 0 Å². The van der Waals surface area contributed by atoms with Crippen molar-refractivity contribution in [3.05, 3.63) is 35.0 Å². The number of hydrogen-bond acceptors (Lipinski definition) is 5. The summed E-state index contributed by atoms with van der Waals surface area (Å²) in [4.78, 5) is 5.43. The van der Waals surface area contributed by atoms with Crippen molar-refractivity contribution in [2.24, 2.45) is 0 Å². The Bertz CT molecular complexity index is 625. The Morgan fingerprint density at radius 3 is 2.67 bits per heavy atom. The molecule has 3 rings (SSSR count). The van der Waals surface area contributed by atoms with Gasteiger partial charge in [0.25, 0.3) is 0 Å². The molecule has 1 aromatic carbocycles. The minimum Gasteiger partial charge on any atom is -0.399 e. The van der Waals surface area contributed by atoms with Crippen LogP contribution < -0.4 is 5.73 Å². The Morgan fingerprint density at radius 1 is 1.29 bits per heavy atom. The van der Waals surface area contributed by atoms with Crippen LogP contribution in [0.25, 0.3) is 10.4 Å². The van der Waals surface area contributed by atoms with Gasteiger partial charge in [0, 0.05) is 11.9 Å². The molecule has 112 valence electrons. The molecule has 1 aliphatic carbocycles. The summed E-state index contributed by atoms with van der Waals surface area (Å²) >= 11 is 1.51. The molecule has 0 bridgehead atoms. The maximum Gasteiger partial charge on any atom is 0.125 e. The molecule has 1 saturated carbocycles. The topological polar surface area (TPSA) is 79.4 Å². The zero-order valence-electron chi connectivity index (χ0n) is 12.0. The van der Waals surface area contributed by atoms with E-state index in [0.29, 0.717) is 25.7 Å². The van der Waals surface area contributed by atoms with Crippen LogP contribution in [-0.2, 0) is 5.60 Å². The smallest absolute Gasteiger partial charge is 0.125 e. The molecule has 1 heterocycles. The van der Waals surface area contributed by atoms with Crippen LogP contribution >= 0.6 is 11.3 Å². The fourth-order valence-electron chi connectivity index (χ4n) is 2.87. The summed E-state index contributed by atoms with van der Waals surface area (Å²) in [7, 11) is 0. The molecule has 0 radical (unpaired) electrons. The van der Waals surface area contributed by atoms with Crippen LogP contribution in [0.1, 0.15) is 36.3 Å². The molecule has 1 fully saturated rings. The van der Waals surface area contributed by atoms with E-state index in [4.69, 9.17) is 5.73 Å². The number of hydrogen-bond donors (Lipinski definition) is 3. The zero-order valence-corrected chi connectivity index (χ0v) is 12.9. The highest BCUT2D eigenvalue weighted by Gasteiger charge is 2.36. The Hall–Kier alpha value is -1.43. The van der Waals surface area contributed by atoms with Crippen LogP contribution in [0, 0.1) is 6.92 Å². The minimum absolute atomic E-state index is 0.290. The Kier molecular flexibility index (Phi) is 3.73. The summed E-state index contributed by atoms with van der Waals surface area (Å²) in [5.74, 6) is 0. The summed E-state index contributed by atoms with van der Waals surface area (Å²) in [5.41, 5.74) is 7.89. The number of nitrogens with zero attached hydrogens (tertiary/aromatic N) is 1. The molecule has 4 nitrogen and oxygen atoms in total. The highest BCUT2D eigenvalue weighted by molar-refractivity contribution is 7.15. The van der Waals surface area contributed by atoms with Crippen LogP contribution in [0.2, 0.25) is 0 Å². The van der Waals surface area contributed by atoms with Gasteiger partial charge in [-0.25, -0.2) is 4.98 Å². The number of aryl methyl sites for hydroxylation is 1. The Labute approximate surface area is 128 Å². The number of nitrogen functional groups attached to an aromatic ring is 1. The maximum absolute atomic E-state index is 10.7. The van der Waals surface area contributed by atoms with Gasteiger partial charge in [-0.15, -0.1) is 11.3 Å². The molecule has 2 aromatic rings. The molecule has 0 amide bonds. The molecule has 0 spiro atoms. The summed E-state index contributed by atoms with van der Waals surface area (Å²) < 4.78 is 0. The molecule has 0 unspecified atom stereocenters. The first-order chi connectivity index (χ1) is 9.96. The average molecular weight is 304 g/mol. The number of thiazole rings is 1. The van der Waals surface area contributed by atoms with Crippen LogP contribution in [0.15, 0.2) is 24.4 Å². The van der Waals surface area contributed by atoms with Gasteiger partial charge >= 0.3 is 0 Å². The lowest BCUT2D eigenvalue weighted by Crippen LogP contribution is -2.33. The molecule has 0 saturated heterocycles. The summed E-state index contributed by atoms with van der Waals surface area (Å²) in [5, 5.41) is 21.1. The molecule has 4 N–H and O–H groups in total. The van der Waals surface area contributed by atoms with Crippen molar-refractivity contribution in [3.63, 3.8) is 0 Å². The van der Waals surface area contributed by atoms with E-state index >= 15 is 0 Å². The van der Waals surface area contributed by atoms with Gasteiger partial charge in [-0.1, -0.05) is 6.07 Å². The SMILES string of the molecule is Cc1cc(N)cc(-c2cnc(C3(O)CCC(O)CC3)s2)c1. The number of aromatic nitrogens is 1. The average Bonchev–Trinajstić information content (AvgIpc) is 2.92. The Balaban J connectivity index is 1.89. The molecule has 5 heteroatoms. The lowest BCUT2D eigenvalue weighted by Gasteiger charge is -2.32. The van der Waals surface area contributed by atoms with E-state index in [-0.39, 0.29) is 6.10 Å². The van der Waals surface area contributed by atoms with Crippen LogP contribution in [-0.4, -0.2) is 21.3 Å². The van der Waals surface area contributed by atoms with E-state index in [1.54, 1.807) is 6.20 Å². The monoisotopic (exact) mass is 304 g/mol. The molecule has 1 aromatic heterocycles. The third kappa shape index (κ3) is 2.95. The van der Waals surface area contributed by atoms with E-state index in [2.05, 4.69) is 11.1 Å². The standard InChI is InChI=1S/C16H20N2O2S/c1-10-6-11(8-12(17)7-10)14-9-18-15(21-14)16(20)4-2-13(19)3-5-16/h6-9,13,19-20H,2-5,17H2,1H3. The molecule has 0 aliphatic heterocycles. The van der Waals surface area contributed by atoms with Gasteiger partial charge in [-0.05, 0) is 55.9 Å². The molecule has 1 aliphatic rings. The van der Waals surface area contributed by atoms with Crippen LogP contribution in [0.4, 0.5) is 5.69 Å². The van der Waals surface area contributed by atoms with Crippen molar-refractivity contribution in [2.45, 2.75) is 44.3 Å². The number of aliphatic hydroxyl groups is 2. The van der Waals surface area contributed by atoms with Crippen molar-refractivity contribution in [1.29, 1.82) is 0 Å². The van der Waals surface area contributed by atoms with E-state index < -0.39 is 5.60 Å².